The molecule has 0 bridgehead atoms. The fourth-order valence-electron chi connectivity index (χ4n) is 1.98. The van der Waals surface area contributed by atoms with Crippen molar-refractivity contribution < 1.29 is 13.2 Å². The lowest BCUT2D eigenvalue weighted by Gasteiger charge is -2.25. The molecule has 2 N–H and O–H groups in total. The predicted octanol–water partition coefficient (Wildman–Crippen LogP) is -0.0688. The minimum atomic E-state index is -3.38. The van der Waals surface area contributed by atoms with Gasteiger partial charge in [0.2, 0.25) is 0 Å². The molecule has 1 atom stereocenters. The van der Waals surface area contributed by atoms with E-state index in [1.165, 1.54) is 4.31 Å². The molecule has 0 aromatic rings. The maximum Gasteiger partial charge on any atom is 0.279 e. The number of ether oxygens (including phenoxy) is 1. The summed E-state index contributed by atoms with van der Waals surface area (Å²) >= 11 is 0. The molecule has 6 nitrogen and oxygen atoms in total. The average molecular weight is 279 g/mol. The van der Waals surface area contributed by atoms with Crippen molar-refractivity contribution in [3.63, 3.8) is 0 Å². The zero-order chi connectivity index (χ0) is 13.4. The molecule has 0 amide bonds. The Balaban J connectivity index is 2.57. The molecule has 1 rings (SSSR count). The maximum absolute atomic E-state index is 12.1. The van der Waals surface area contributed by atoms with Crippen molar-refractivity contribution in [1.29, 1.82) is 0 Å². The second kappa shape index (κ2) is 8.06. The Morgan fingerprint density at radius 2 is 2.28 bits per heavy atom. The smallest absolute Gasteiger partial charge is 0.279 e. The van der Waals surface area contributed by atoms with Gasteiger partial charge in [0.25, 0.3) is 10.2 Å². The fourth-order valence-corrected chi connectivity index (χ4v) is 3.32. The normalized spacial score (nSPS) is 20.7. The monoisotopic (exact) mass is 279 g/mol. The van der Waals surface area contributed by atoms with E-state index >= 15 is 0 Å². The van der Waals surface area contributed by atoms with Gasteiger partial charge in [-0.2, -0.15) is 12.7 Å². The molecule has 0 aromatic carbocycles. The fraction of sp³-hybridized carbons (Fsp3) is 1.00. The summed E-state index contributed by atoms with van der Waals surface area (Å²) in [5.74, 6) is 0. The Kier molecular flexibility index (Phi) is 7.10. The second-order valence-electron chi connectivity index (χ2n) is 4.54. The zero-order valence-corrected chi connectivity index (χ0v) is 12.1. The van der Waals surface area contributed by atoms with E-state index in [0.717, 1.165) is 25.8 Å². The summed E-state index contributed by atoms with van der Waals surface area (Å²) in [4.78, 5) is 0. The maximum atomic E-state index is 12.1. The van der Waals surface area contributed by atoms with Crippen LogP contribution in [0.4, 0.5) is 0 Å². The highest BCUT2D eigenvalue weighted by Crippen LogP contribution is 2.09. The molecule has 1 heterocycles. The quantitative estimate of drug-likeness (QED) is 0.620. The van der Waals surface area contributed by atoms with Crippen molar-refractivity contribution >= 4 is 10.2 Å². The molecule has 0 spiro atoms. The average Bonchev–Trinajstić information content (AvgIpc) is 2.84. The Bertz CT molecular complexity index is 315. The largest absolute Gasteiger partial charge is 0.383 e. The minimum Gasteiger partial charge on any atom is -0.383 e. The standard InChI is InChI=1S/C11H25N3O3S/c1-3-6-13-18(15,16)14(8-9-17-2)10-11-5-4-7-12-11/h11-13H,3-10H2,1-2H3. The summed E-state index contributed by atoms with van der Waals surface area (Å²) in [6.45, 7) is 4.73. The van der Waals surface area contributed by atoms with Crippen LogP contribution in [0.15, 0.2) is 0 Å². The first kappa shape index (κ1) is 15.8. The first-order valence-electron chi connectivity index (χ1n) is 6.57. The predicted molar refractivity (Wildman–Crippen MR) is 71.7 cm³/mol. The van der Waals surface area contributed by atoms with Gasteiger partial charge in [-0.3, -0.25) is 0 Å². The van der Waals surface area contributed by atoms with E-state index in [0.29, 0.717) is 26.2 Å². The van der Waals surface area contributed by atoms with Crippen molar-refractivity contribution in [1.82, 2.24) is 14.3 Å². The van der Waals surface area contributed by atoms with Gasteiger partial charge in [0, 0.05) is 32.8 Å². The van der Waals surface area contributed by atoms with Gasteiger partial charge in [0.1, 0.15) is 0 Å². The Labute approximate surface area is 110 Å². The van der Waals surface area contributed by atoms with Gasteiger partial charge in [-0.1, -0.05) is 6.92 Å². The number of methoxy groups -OCH3 is 1. The van der Waals surface area contributed by atoms with Crippen LogP contribution in [0.1, 0.15) is 26.2 Å². The van der Waals surface area contributed by atoms with Gasteiger partial charge >= 0.3 is 0 Å². The van der Waals surface area contributed by atoms with Crippen LogP contribution in [-0.2, 0) is 14.9 Å². The highest BCUT2D eigenvalue weighted by molar-refractivity contribution is 7.87. The van der Waals surface area contributed by atoms with E-state index in [9.17, 15) is 8.42 Å². The first-order valence-corrected chi connectivity index (χ1v) is 8.01. The van der Waals surface area contributed by atoms with Crippen LogP contribution in [0.3, 0.4) is 0 Å². The summed E-state index contributed by atoms with van der Waals surface area (Å²) in [5, 5.41) is 3.32. The molecule has 1 saturated heterocycles. The Morgan fingerprint density at radius 1 is 1.50 bits per heavy atom. The van der Waals surface area contributed by atoms with E-state index in [-0.39, 0.29) is 6.04 Å². The van der Waals surface area contributed by atoms with Gasteiger partial charge in [0.05, 0.1) is 6.61 Å². The number of hydrogen-bond acceptors (Lipinski definition) is 4. The van der Waals surface area contributed by atoms with Gasteiger partial charge in [-0.05, 0) is 25.8 Å². The topological polar surface area (TPSA) is 70.7 Å². The number of nitrogens with one attached hydrogen (secondary N) is 2. The molecule has 1 fully saturated rings. The van der Waals surface area contributed by atoms with E-state index in [1.807, 2.05) is 6.92 Å². The van der Waals surface area contributed by atoms with Crippen LogP contribution >= 0.6 is 0 Å². The van der Waals surface area contributed by atoms with Crippen LogP contribution in [0, 0.1) is 0 Å². The van der Waals surface area contributed by atoms with Crippen LogP contribution in [0.2, 0.25) is 0 Å². The molecule has 1 aliphatic heterocycles. The minimum absolute atomic E-state index is 0.264. The number of rotatable bonds is 9. The summed E-state index contributed by atoms with van der Waals surface area (Å²) in [5.41, 5.74) is 0. The van der Waals surface area contributed by atoms with Crippen LogP contribution in [-0.4, -0.2) is 58.7 Å². The van der Waals surface area contributed by atoms with Gasteiger partial charge < -0.3 is 10.1 Å². The van der Waals surface area contributed by atoms with Crippen LogP contribution in [0.5, 0.6) is 0 Å². The molecular weight excluding hydrogens is 254 g/mol. The number of nitrogens with zero attached hydrogens (tertiary/aromatic N) is 1. The molecule has 108 valence electrons. The lowest BCUT2D eigenvalue weighted by atomic mass is 10.2. The second-order valence-corrected chi connectivity index (χ2v) is 6.30. The molecule has 1 aliphatic rings. The van der Waals surface area contributed by atoms with Crippen LogP contribution in [0.25, 0.3) is 0 Å². The molecule has 0 aliphatic carbocycles. The highest BCUT2D eigenvalue weighted by Gasteiger charge is 2.25. The Morgan fingerprint density at radius 3 is 2.83 bits per heavy atom. The molecular formula is C11H25N3O3S. The lowest BCUT2D eigenvalue weighted by molar-refractivity contribution is 0.175. The molecule has 7 heteroatoms. The summed E-state index contributed by atoms with van der Waals surface area (Å²) in [7, 11) is -1.80. The number of hydrogen-bond donors (Lipinski definition) is 2. The molecule has 18 heavy (non-hydrogen) atoms. The summed E-state index contributed by atoms with van der Waals surface area (Å²) < 4.78 is 33.3. The van der Waals surface area contributed by atoms with E-state index in [4.69, 9.17) is 4.74 Å². The third-order valence-electron chi connectivity index (χ3n) is 3.01. The summed E-state index contributed by atoms with van der Waals surface area (Å²) in [6, 6.07) is 0.264. The van der Waals surface area contributed by atoms with Crippen molar-refractivity contribution in [3.8, 4) is 0 Å². The van der Waals surface area contributed by atoms with Crippen LogP contribution < -0.4 is 10.0 Å². The molecule has 0 radical (unpaired) electrons. The van der Waals surface area contributed by atoms with E-state index in [2.05, 4.69) is 10.0 Å². The van der Waals surface area contributed by atoms with Gasteiger partial charge in [-0.25, -0.2) is 4.72 Å². The third kappa shape index (κ3) is 5.19. The third-order valence-corrected chi connectivity index (χ3v) is 4.59. The zero-order valence-electron chi connectivity index (χ0n) is 11.3. The van der Waals surface area contributed by atoms with Gasteiger partial charge in [-0.15, -0.1) is 0 Å². The van der Waals surface area contributed by atoms with Crippen molar-refractivity contribution in [2.75, 3.05) is 39.9 Å². The van der Waals surface area contributed by atoms with Gasteiger partial charge in [0.15, 0.2) is 0 Å². The Hall–Kier alpha value is -0.210. The van der Waals surface area contributed by atoms with Crippen molar-refractivity contribution in [2.24, 2.45) is 0 Å². The highest BCUT2D eigenvalue weighted by atomic mass is 32.2. The van der Waals surface area contributed by atoms with E-state index in [1.54, 1.807) is 7.11 Å². The first-order chi connectivity index (χ1) is 8.60. The molecule has 0 aromatic heterocycles. The van der Waals surface area contributed by atoms with Crippen molar-refractivity contribution in [3.05, 3.63) is 0 Å². The lowest BCUT2D eigenvalue weighted by Crippen LogP contribution is -2.47. The molecule has 1 unspecified atom stereocenters. The molecule has 0 saturated carbocycles. The van der Waals surface area contributed by atoms with E-state index < -0.39 is 10.2 Å². The van der Waals surface area contributed by atoms with Crippen molar-refractivity contribution in [2.45, 2.75) is 32.2 Å². The SMILES string of the molecule is CCCNS(=O)(=O)N(CCOC)CC1CCCN1. The summed E-state index contributed by atoms with van der Waals surface area (Å²) in [6.07, 6.45) is 2.94.